The van der Waals surface area contributed by atoms with E-state index in [1.54, 1.807) is 12.1 Å². The highest BCUT2D eigenvalue weighted by Gasteiger charge is 2.12. The first kappa shape index (κ1) is 14.7. The van der Waals surface area contributed by atoms with Crippen molar-refractivity contribution < 1.29 is 0 Å². The number of benzene rings is 2. The molecular formula is C13H6Cl3IN2S. The lowest BCUT2D eigenvalue weighted by molar-refractivity contribution is 1.06. The summed E-state index contributed by atoms with van der Waals surface area (Å²) in [5.41, 5.74) is 2.67. The summed E-state index contributed by atoms with van der Waals surface area (Å²) >= 11 is 25.8. The molecular weight excluding hydrogens is 449 g/mol. The Morgan fingerprint density at radius 1 is 1.05 bits per heavy atom. The molecule has 0 saturated heterocycles. The van der Waals surface area contributed by atoms with Crippen molar-refractivity contribution in [2.75, 3.05) is 0 Å². The van der Waals surface area contributed by atoms with Gasteiger partial charge in [0.1, 0.15) is 0 Å². The predicted octanol–water partition coefficient (Wildman–Crippen LogP) is 6.25. The largest absolute Gasteiger partial charge is 0.330 e. The average Bonchev–Trinajstić information content (AvgIpc) is 2.66. The second kappa shape index (κ2) is 5.50. The number of hydrogen-bond donors (Lipinski definition) is 1. The molecule has 0 aliphatic heterocycles. The van der Waals surface area contributed by atoms with Crippen LogP contribution in [0.2, 0.25) is 15.1 Å². The van der Waals surface area contributed by atoms with Gasteiger partial charge in [0, 0.05) is 8.59 Å². The summed E-state index contributed by atoms with van der Waals surface area (Å²) in [5, 5.41) is 1.67. The molecule has 0 aliphatic rings. The maximum absolute atomic E-state index is 6.11. The minimum atomic E-state index is 0.492. The van der Waals surface area contributed by atoms with Gasteiger partial charge in [0.05, 0.1) is 26.8 Å². The van der Waals surface area contributed by atoms with Gasteiger partial charge < -0.3 is 4.98 Å². The van der Waals surface area contributed by atoms with Crippen LogP contribution < -0.4 is 0 Å². The third-order valence-electron chi connectivity index (χ3n) is 2.87. The van der Waals surface area contributed by atoms with Crippen LogP contribution in [0, 0.1) is 8.34 Å². The summed E-state index contributed by atoms with van der Waals surface area (Å²) in [6.07, 6.45) is 0. The van der Waals surface area contributed by atoms with Crippen molar-refractivity contribution >= 4 is 80.6 Å². The van der Waals surface area contributed by atoms with Gasteiger partial charge in [0.2, 0.25) is 0 Å². The average molecular weight is 456 g/mol. The summed E-state index contributed by atoms with van der Waals surface area (Å²) in [5.74, 6) is 0. The number of hydrogen-bond acceptors (Lipinski definition) is 1. The topological polar surface area (TPSA) is 20.7 Å². The Hall–Kier alpha value is -0.270. The SMILES string of the molecule is S=c1[nH]c2cc(Cl)c(Cl)cc2n1-c1ccc(Cl)cc1I. The van der Waals surface area contributed by atoms with Crippen LogP contribution in [0.5, 0.6) is 0 Å². The van der Waals surface area contributed by atoms with E-state index < -0.39 is 0 Å². The van der Waals surface area contributed by atoms with Crippen molar-refractivity contribution in [1.29, 1.82) is 0 Å². The van der Waals surface area contributed by atoms with E-state index in [1.807, 2.05) is 22.8 Å². The second-order valence-electron chi connectivity index (χ2n) is 4.14. The van der Waals surface area contributed by atoms with Gasteiger partial charge in [-0.2, -0.15) is 0 Å². The van der Waals surface area contributed by atoms with Gasteiger partial charge in [-0.3, -0.25) is 4.57 Å². The van der Waals surface area contributed by atoms with E-state index in [1.165, 1.54) is 0 Å². The minimum Gasteiger partial charge on any atom is -0.330 e. The van der Waals surface area contributed by atoms with Crippen LogP contribution >= 0.6 is 69.6 Å². The van der Waals surface area contributed by atoms with Crippen molar-refractivity contribution in [2.24, 2.45) is 0 Å². The summed E-state index contributed by atoms with van der Waals surface area (Å²) < 4.78 is 3.50. The van der Waals surface area contributed by atoms with Crippen molar-refractivity contribution in [3.05, 3.63) is 53.7 Å². The standard InChI is InChI=1S/C13H6Cl3IN2S/c14-6-1-2-11(9(17)3-6)19-12-5-8(16)7(15)4-10(12)18-13(19)20/h1-5H,(H,18,20). The zero-order valence-corrected chi connectivity index (χ0v) is 15.0. The van der Waals surface area contributed by atoms with E-state index in [4.69, 9.17) is 47.0 Å². The van der Waals surface area contributed by atoms with Crippen molar-refractivity contribution in [1.82, 2.24) is 9.55 Å². The molecule has 7 heteroatoms. The molecule has 3 aromatic rings. The molecule has 2 nitrogen and oxygen atoms in total. The van der Waals surface area contributed by atoms with Gasteiger partial charge in [0.25, 0.3) is 0 Å². The Kier molecular flexibility index (Phi) is 4.03. The van der Waals surface area contributed by atoms with Gasteiger partial charge in [-0.15, -0.1) is 0 Å². The quantitative estimate of drug-likeness (QED) is 0.340. The molecule has 0 saturated carbocycles. The number of aromatic amines is 1. The fourth-order valence-corrected chi connectivity index (χ4v) is 3.74. The van der Waals surface area contributed by atoms with E-state index in [2.05, 4.69) is 27.6 Å². The van der Waals surface area contributed by atoms with Gasteiger partial charge >= 0.3 is 0 Å². The van der Waals surface area contributed by atoms with Crippen LogP contribution in [-0.2, 0) is 0 Å². The highest BCUT2D eigenvalue weighted by Crippen LogP contribution is 2.31. The lowest BCUT2D eigenvalue weighted by atomic mass is 10.3. The van der Waals surface area contributed by atoms with Crippen LogP contribution in [-0.4, -0.2) is 9.55 Å². The van der Waals surface area contributed by atoms with Gasteiger partial charge in [-0.25, -0.2) is 0 Å². The molecule has 0 spiro atoms. The smallest absolute Gasteiger partial charge is 0.182 e. The molecule has 0 atom stereocenters. The molecule has 3 rings (SSSR count). The molecule has 0 bridgehead atoms. The lowest BCUT2D eigenvalue weighted by Gasteiger charge is -2.08. The third kappa shape index (κ3) is 2.48. The molecule has 2 aromatic carbocycles. The summed E-state index contributed by atoms with van der Waals surface area (Å²) in [6.45, 7) is 0. The minimum absolute atomic E-state index is 0.492. The lowest BCUT2D eigenvalue weighted by Crippen LogP contribution is -1.97. The fraction of sp³-hybridized carbons (Fsp3) is 0. The van der Waals surface area contributed by atoms with Crippen molar-refractivity contribution in [2.45, 2.75) is 0 Å². The van der Waals surface area contributed by atoms with E-state index >= 15 is 0 Å². The van der Waals surface area contributed by atoms with Crippen molar-refractivity contribution in [3.63, 3.8) is 0 Å². The first-order valence-corrected chi connectivity index (χ1v) is 8.14. The van der Waals surface area contributed by atoms with E-state index in [-0.39, 0.29) is 0 Å². The molecule has 1 aromatic heterocycles. The van der Waals surface area contributed by atoms with E-state index in [0.717, 1.165) is 20.3 Å². The van der Waals surface area contributed by atoms with Crippen LogP contribution in [0.3, 0.4) is 0 Å². The molecule has 0 unspecified atom stereocenters. The molecule has 1 heterocycles. The Balaban J connectivity index is 2.39. The first-order chi connectivity index (χ1) is 9.47. The number of rotatable bonds is 1. The number of aromatic nitrogens is 2. The summed E-state index contributed by atoms with van der Waals surface area (Å²) in [6, 6.07) is 9.22. The molecule has 0 fully saturated rings. The Morgan fingerprint density at radius 3 is 2.45 bits per heavy atom. The molecule has 102 valence electrons. The number of imidazole rings is 1. The monoisotopic (exact) mass is 454 g/mol. The van der Waals surface area contributed by atoms with Crippen LogP contribution in [0.15, 0.2) is 30.3 Å². The normalized spacial score (nSPS) is 11.2. The zero-order chi connectivity index (χ0) is 14.4. The fourth-order valence-electron chi connectivity index (χ4n) is 2.00. The highest BCUT2D eigenvalue weighted by molar-refractivity contribution is 14.1. The van der Waals surface area contributed by atoms with Gasteiger partial charge in [-0.05, 0) is 65.1 Å². The third-order valence-corrected chi connectivity index (χ3v) is 4.98. The second-order valence-corrected chi connectivity index (χ2v) is 6.94. The number of nitrogens with one attached hydrogen (secondary N) is 1. The van der Waals surface area contributed by atoms with Crippen LogP contribution in [0.25, 0.3) is 16.7 Å². The zero-order valence-electron chi connectivity index (χ0n) is 9.75. The first-order valence-electron chi connectivity index (χ1n) is 5.52. The Bertz CT molecular complexity index is 885. The molecule has 0 radical (unpaired) electrons. The number of fused-ring (bicyclic) bond motifs is 1. The van der Waals surface area contributed by atoms with E-state index in [0.29, 0.717) is 19.8 Å². The number of H-pyrrole nitrogens is 1. The highest BCUT2D eigenvalue weighted by atomic mass is 127. The Morgan fingerprint density at radius 2 is 1.75 bits per heavy atom. The molecule has 0 aliphatic carbocycles. The van der Waals surface area contributed by atoms with Gasteiger partial charge in [0.15, 0.2) is 4.77 Å². The van der Waals surface area contributed by atoms with Crippen molar-refractivity contribution in [3.8, 4) is 5.69 Å². The predicted molar refractivity (Wildman–Crippen MR) is 96.2 cm³/mol. The summed E-state index contributed by atoms with van der Waals surface area (Å²) in [4.78, 5) is 3.13. The maximum Gasteiger partial charge on any atom is 0.182 e. The molecule has 1 N–H and O–H groups in total. The van der Waals surface area contributed by atoms with Gasteiger partial charge in [-0.1, -0.05) is 34.8 Å². The van der Waals surface area contributed by atoms with Crippen LogP contribution in [0.1, 0.15) is 0 Å². The van der Waals surface area contributed by atoms with Crippen LogP contribution in [0.4, 0.5) is 0 Å². The Labute approximate surface area is 148 Å². The number of nitrogens with zero attached hydrogens (tertiary/aromatic N) is 1. The molecule has 0 amide bonds. The maximum atomic E-state index is 6.11. The van der Waals surface area contributed by atoms with E-state index in [9.17, 15) is 0 Å². The number of halogens is 4. The molecule has 20 heavy (non-hydrogen) atoms. The summed E-state index contributed by atoms with van der Waals surface area (Å²) in [7, 11) is 0.